The first kappa shape index (κ1) is 13.2. The molecule has 0 radical (unpaired) electrons. The fourth-order valence-electron chi connectivity index (χ4n) is 2.59. The van der Waals surface area contributed by atoms with Crippen LogP contribution in [0.4, 0.5) is 0 Å². The van der Waals surface area contributed by atoms with Gasteiger partial charge in [0, 0.05) is 29.1 Å². The topological polar surface area (TPSA) is 22.0 Å². The minimum Gasteiger partial charge on any atom is -0.336 e. The number of para-hydroxylation sites is 1. The zero-order chi connectivity index (χ0) is 14.7. The molecule has 102 valence electrons. The number of terminal acetylenes is 1. The van der Waals surface area contributed by atoms with E-state index in [4.69, 9.17) is 6.42 Å². The minimum atomic E-state index is 0.124. The van der Waals surface area contributed by atoms with Gasteiger partial charge in [0.05, 0.1) is 6.54 Å². The second-order valence-corrected chi connectivity index (χ2v) is 4.97. The summed E-state index contributed by atoms with van der Waals surface area (Å²) in [5.41, 5.74) is 2.84. The summed E-state index contributed by atoms with van der Waals surface area (Å²) in [6.45, 7) is 0.514. The van der Waals surface area contributed by atoms with Gasteiger partial charge in [-0.15, -0.1) is 6.42 Å². The van der Waals surface area contributed by atoms with Gasteiger partial charge in [-0.2, -0.15) is 0 Å². The molecule has 0 unspecified atom stereocenters. The van der Waals surface area contributed by atoms with E-state index in [1.165, 1.54) is 0 Å². The van der Waals surface area contributed by atoms with Crippen molar-refractivity contribution in [3.63, 3.8) is 0 Å². The molecule has 0 saturated carbocycles. The molecule has 2 heteroatoms. The zero-order valence-corrected chi connectivity index (χ0v) is 11.6. The third-order valence-corrected chi connectivity index (χ3v) is 3.58. The van der Waals surface area contributed by atoms with Crippen molar-refractivity contribution in [2.75, 3.05) is 0 Å². The number of hydrogen-bond acceptors (Lipinski definition) is 1. The van der Waals surface area contributed by atoms with Crippen molar-refractivity contribution in [3.05, 3.63) is 71.9 Å². The van der Waals surface area contributed by atoms with Crippen LogP contribution in [0.5, 0.6) is 0 Å². The molecule has 2 aromatic carbocycles. The fourth-order valence-corrected chi connectivity index (χ4v) is 2.59. The number of carbonyl (C=O) groups excluding carboxylic acids is 1. The number of hydrogen-bond donors (Lipinski definition) is 0. The molecule has 0 aliphatic rings. The molecular formula is C19H15NO. The Morgan fingerprint density at radius 2 is 1.76 bits per heavy atom. The van der Waals surface area contributed by atoms with E-state index in [0.29, 0.717) is 13.0 Å². The summed E-state index contributed by atoms with van der Waals surface area (Å²) < 4.78 is 2.02. The van der Waals surface area contributed by atoms with Crippen molar-refractivity contribution in [1.82, 2.24) is 4.57 Å². The van der Waals surface area contributed by atoms with Crippen LogP contribution in [-0.2, 0) is 13.0 Å². The molecule has 0 atom stereocenters. The minimum absolute atomic E-state index is 0.124. The molecule has 0 fully saturated rings. The van der Waals surface area contributed by atoms with Crippen LogP contribution in [0.1, 0.15) is 15.9 Å². The van der Waals surface area contributed by atoms with Crippen molar-refractivity contribution < 1.29 is 4.79 Å². The van der Waals surface area contributed by atoms with Gasteiger partial charge in [-0.05, 0) is 11.6 Å². The van der Waals surface area contributed by atoms with Crippen molar-refractivity contribution in [2.24, 2.45) is 0 Å². The highest BCUT2D eigenvalue weighted by molar-refractivity contribution is 6.00. The normalized spacial score (nSPS) is 10.4. The number of aromatic nitrogens is 1. The van der Waals surface area contributed by atoms with E-state index in [1.807, 2.05) is 65.4 Å². The van der Waals surface area contributed by atoms with Crippen LogP contribution in [-0.4, -0.2) is 10.4 Å². The third kappa shape index (κ3) is 2.59. The maximum Gasteiger partial charge on any atom is 0.167 e. The van der Waals surface area contributed by atoms with E-state index in [9.17, 15) is 4.79 Å². The van der Waals surface area contributed by atoms with Crippen LogP contribution in [0.15, 0.2) is 60.8 Å². The van der Waals surface area contributed by atoms with E-state index < -0.39 is 0 Å². The molecular weight excluding hydrogens is 258 g/mol. The van der Waals surface area contributed by atoms with Crippen molar-refractivity contribution in [1.29, 1.82) is 0 Å². The molecule has 2 nitrogen and oxygen atoms in total. The van der Waals surface area contributed by atoms with Crippen LogP contribution in [0, 0.1) is 12.3 Å². The van der Waals surface area contributed by atoms with E-state index in [2.05, 4.69) is 5.92 Å². The third-order valence-electron chi connectivity index (χ3n) is 3.58. The molecule has 1 heterocycles. The molecule has 21 heavy (non-hydrogen) atoms. The zero-order valence-electron chi connectivity index (χ0n) is 11.6. The molecule has 3 aromatic rings. The first-order chi connectivity index (χ1) is 10.3. The molecule has 0 aliphatic carbocycles. The van der Waals surface area contributed by atoms with E-state index in [1.54, 1.807) is 0 Å². The molecule has 0 saturated heterocycles. The number of rotatable bonds is 4. The highest BCUT2D eigenvalue weighted by Crippen LogP contribution is 2.22. The average Bonchev–Trinajstić information content (AvgIpc) is 2.87. The SMILES string of the molecule is C#CCn1cc(CC(=O)c2ccccc2)c2ccccc21. The largest absolute Gasteiger partial charge is 0.336 e. The molecule has 0 bridgehead atoms. The van der Waals surface area contributed by atoms with E-state index >= 15 is 0 Å². The van der Waals surface area contributed by atoms with Gasteiger partial charge < -0.3 is 4.57 Å². The summed E-state index contributed by atoms with van der Waals surface area (Å²) in [6, 6.07) is 17.4. The Hall–Kier alpha value is -2.79. The smallest absolute Gasteiger partial charge is 0.167 e. The summed E-state index contributed by atoms with van der Waals surface area (Å²) in [7, 11) is 0. The summed E-state index contributed by atoms with van der Waals surface area (Å²) in [5, 5.41) is 1.09. The lowest BCUT2D eigenvalue weighted by molar-refractivity contribution is 0.0993. The number of benzene rings is 2. The highest BCUT2D eigenvalue weighted by atomic mass is 16.1. The fraction of sp³-hybridized carbons (Fsp3) is 0.105. The Morgan fingerprint density at radius 1 is 1.05 bits per heavy atom. The monoisotopic (exact) mass is 273 g/mol. The first-order valence-corrected chi connectivity index (χ1v) is 6.88. The summed E-state index contributed by atoms with van der Waals surface area (Å²) in [6.07, 6.45) is 7.80. The van der Waals surface area contributed by atoms with Crippen molar-refractivity contribution >= 4 is 16.7 Å². The Labute approximate surface area is 124 Å². The lowest BCUT2D eigenvalue weighted by Gasteiger charge is -2.00. The Kier molecular flexibility index (Phi) is 3.57. The van der Waals surface area contributed by atoms with Crippen LogP contribution < -0.4 is 0 Å². The standard InChI is InChI=1S/C19H15NO/c1-2-12-20-14-16(17-10-6-7-11-18(17)20)13-19(21)15-8-4-3-5-9-15/h1,3-11,14H,12-13H2. The highest BCUT2D eigenvalue weighted by Gasteiger charge is 2.12. The molecule has 1 aromatic heterocycles. The second kappa shape index (κ2) is 5.68. The van der Waals surface area contributed by atoms with Gasteiger partial charge in [-0.1, -0.05) is 54.5 Å². The predicted molar refractivity (Wildman–Crippen MR) is 85.2 cm³/mol. The number of carbonyl (C=O) groups is 1. The first-order valence-electron chi connectivity index (χ1n) is 6.88. The van der Waals surface area contributed by atoms with Crippen molar-refractivity contribution in [3.8, 4) is 12.3 Å². The Bertz CT molecular complexity index is 822. The Morgan fingerprint density at radius 3 is 2.52 bits per heavy atom. The van der Waals surface area contributed by atoms with Crippen LogP contribution in [0.25, 0.3) is 10.9 Å². The quantitative estimate of drug-likeness (QED) is 0.525. The van der Waals surface area contributed by atoms with E-state index in [-0.39, 0.29) is 5.78 Å². The summed E-state index contributed by atoms with van der Waals surface area (Å²) >= 11 is 0. The molecule has 0 spiro atoms. The summed E-state index contributed by atoms with van der Waals surface area (Å²) in [4.78, 5) is 12.4. The number of Topliss-reactive ketones (excluding diaryl/α,β-unsaturated/α-hetero) is 1. The van der Waals surface area contributed by atoms with Crippen LogP contribution in [0.2, 0.25) is 0 Å². The van der Waals surface area contributed by atoms with Gasteiger partial charge in [0.2, 0.25) is 0 Å². The van der Waals surface area contributed by atoms with E-state index in [0.717, 1.165) is 22.0 Å². The van der Waals surface area contributed by atoms with Crippen molar-refractivity contribution in [2.45, 2.75) is 13.0 Å². The molecule has 3 rings (SSSR count). The lowest BCUT2D eigenvalue weighted by atomic mass is 10.0. The summed E-state index contributed by atoms with van der Waals surface area (Å²) in [5.74, 6) is 2.78. The Balaban J connectivity index is 1.98. The van der Waals surface area contributed by atoms with Gasteiger partial charge in [-0.3, -0.25) is 4.79 Å². The van der Waals surface area contributed by atoms with Gasteiger partial charge >= 0.3 is 0 Å². The molecule has 0 N–H and O–H groups in total. The van der Waals surface area contributed by atoms with Gasteiger partial charge in [0.1, 0.15) is 0 Å². The van der Waals surface area contributed by atoms with Gasteiger partial charge in [0.15, 0.2) is 5.78 Å². The van der Waals surface area contributed by atoms with Crippen LogP contribution >= 0.6 is 0 Å². The van der Waals surface area contributed by atoms with Gasteiger partial charge in [0.25, 0.3) is 0 Å². The maximum absolute atomic E-state index is 12.4. The number of fused-ring (bicyclic) bond motifs is 1. The lowest BCUT2D eigenvalue weighted by Crippen LogP contribution is -2.02. The maximum atomic E-state index is 12.4. The molecule has 0 aliphatic heterocycles. The predicted octanol–water partition coefficient (Wildman–Crippen LogP) is 3.70. The van der Waals surface area contributed by atoms with Gasteiger partial charge in [-0.25, -0.2) is 0 Å². The molecule has 0 amide bonds. The van der Waals surface area contributed by atoms with Crippen LogP contribution in [0.3, 0.4) is 0 Å². The number of nitrogens with zero attached hydrogens (tertiary/aromatic N) is 1. The second-order valence-electron chi connectivity index (χ2n) is 4.97. The number of ketones is 1. The average molecular weight is 273 g/mol.